The molecule has 130 valence electrons. The van der Waals surface area contributed by atoms with Gasteiger partial charge in [0.25, 0.3) is 5.91 Å². The Morgan fingerprint density at radius 1 is 1.24 bits per heavy atom. The van der Waals surface area contributed by atoms with Crippen molar-refractivity contribution >= 4 is 11.8 Å². The average molecular weight is 340 g/mol. The Bertz CT molecular complexity index is 770. The van der Waals surface area contributed by atoms with Crippen molar-refractivity contribution in [1.82, 2.24) is 20.4 Å². The molecule has 7 heteroatoms. The number of nitrogens with one attached hydrogen (secondary N) is 1. The molecule has 0 radical (unpaired) electrons. The second-order valence-corrected chi connectivity index (χ2v) is 6.64. The number of benzene rings is 1. The maximum absolute atomic E-state index is 12.1. The first kappa shape index (κ1) is 15.8. The summed E-state index contributed by atoms with van der Waals surface area (Å²) < 4.78 is 5.36. The summed E-state index contributed by atoms with van der Waals surface area (Å²) in [6.07, 6.45) is 3.62. The molecule has 1 saturated heterocycles. The van der Waals surface area contributed by atoms with Crippen LogP contribution in [-0.2, 0) is 11.3 Å². The Morgan fingerprint density at radius 3 is 2.80 bits per heavy atom. The third kappa shape index (κ3) is 3.55. The van der Waals surface area contributed by atoms with Crippen molar-refractivity contribution < 1.29 is 14.1 Å². The first-order valence-electron chi connectivity index (χ1n) is 8.66. The van der Waals surface area contributed by atoms with Crippen LogP contribution in [0.4, 0.5) is 0 Å². The predicted molar refractivity (Wildman–Crippen MR) is 88.3 cm³/mol. The van der Waals surface area contributed by atoms with Gasteiger partial charge in [0, 0.05) is 18.5 Å². The lowest BCUT2D eigenvalue weighted by Gasteiger charge is -2.21. The van der Waals surface area contributed by atoms with Crippen molar-refractivity contribution in [3.63, 3.8) is 0 Å². The van der Waals surface area contributed by atoms with Crippen LogP contribution < -0.4 is 5.32 Å². The summed E-state index contributed by atoms with van der Waals surface area (Å²) >= 11 is 0. The highest BCUT2D eigenvalue weighted by molar-refractivity contribution is 5.93. The fraction of sp³-hybridized carbons (Fsp3) is 0.444. The lowest BCUT2D eigenvalue weighted by atomic mass is 10.2. The summed E-state index contributed by atoms with van der Waals surface area (Å²) in [5, 5.41) is 6.72. The van der Waals surface area contributed by atoms with E-state index in [-0.39, 0.29) is 24.4 Å². The van der Waals surface area contributed by atoms with Gasteiger partial charge < -0.3 is 14.7 Å². The first-order valence-corrected chi connectivity index (χ1v) is 8.66. The lowest BCUT2D eigenvalue weighted by molar-refractivity contribution is -0.129. The summed E-state index contributed by atoms with van der Waals surface area (Å²) in [7, 11) is 0. The topological polar surface area (TPSA) is 88.3 Å². The van der Waals surface area contributed by atoms with Crippen LogP contribution >= 0.6 is 0 Å². The third-order valence-electron chi connectivity index (χ3n) is 4.69. The molecule has 1 saturated carbocycles. The van der Waals surface area contributed by atoms with Crippen LogP contribution in [0.3, 0.4) is 0 Å². The summed E-state index contributed by atoms with van der Waals surface area (Å²) in [5.74, 6) is 1.49. The third-order valence-corrected chi connectivity index (χ3v) is 4.69. The van der Waals surface area contributed by atoms with Gasteiger partial charge in [-0.05, 0) is 37.3 Å². The zero-order chi connectivity index (χ0) is 17.2. The number of hydrogen-bond donors (Lipinski definition) is 1. The van der Waals surface area contributed by atoms with Gasteiger partial charge in [-0.15, -0.1) is 0 Å². The van der Waals surface area contributed by atoms with Crippen LogP contribution in [0.25, 0.3) is 0 Å². The number of likely N-dealkylation sites (tertiary alicyclic amines) is 1. The van der Waals surface area contributed by atoms with Gasteiger partial charge in [0.2, 0.25) is 11.8 Å². The van der Waals surface area contributed by atoms with Crippen LogP contribution in [0.2, 0.25) is 0 Å². The van der Waals surface area contributed by atoms with E-state index in [1.807, 2.05) is 23.1 Å². The van der Waals surface area contributed by atoms with Gasteiger partial charge in [0.15, 0.2) is 5.82 Å². The van der Waals surface area contributed by atoms with Gasteiger partial charge in [-0.25, -0.2) is 0 Å². The monoisotopic (exact) mass is 340 g/mol. The highest BCUT2D eigenvalue weighted by Crippen LogP contribution is 2.37. The number of carbonyl (C=O) groups is 2. The summed E-state index contributed by atoms with van der Waals surface area (Å²) in [4.78, 5) is 30.4. The highest BCUT2D eigenvalue weighted by atomic mass is 16.5. The minimum atomic E-state index is -0.182. The molecular weight excluding hydrogens is 320 g/mol. The van der Waals surface area contributed by atoms with Gasteiger partial charge >= 0.3 is 0 Å². The number of hydrogen-bond acceptors (Lipinski definition) is 5. The number of carbonyl (C=O) groups excluding carboxylic acids is 2. The molecule has 2 aliphatic rings. The smallest absolute Gasteiger partial charge is 0.251 e. The summed E-state index contributed by atoms with van der Waals surface area (Å²) in [5.41, 5.74) is 0.586. The van der Waals surface area contributed by atoms with Crippen LogP contribution in [0.1, 0.15) is 53.8 Å². The van der Waals surface area contributed by atoms with Gasteiger partial charge in [-0.1, -0.05) is 23.4 Å². The molecule has 1 aromatic heterocycles. The summed E-state index contributed by atoms with van der Waals surface area (Å²) in [6, 6.07) is 8.85. The molecule has 1 aromatic carbocycles. The second-order valence-electron chi connectivity index (χ2n) is 6.64. The van der Waals surface area contributed by atoms with E-state index in [0.29, 0.717) is 36.0 Å². The van der Waals surface area contributed by atoms with Crippen molar-refractivity contribution in [2.75, 3.05) is 6.54 Å². The van der Waals surface area contributed by atoms with Crippen LogP contribution in [0, 0.1) is 5.92 Å². The Balaban J connectivity index is 1.38. The Hall–Kier alpha value is -2.70. The maximum Gasteiger partial charge on any atom is 0.251 e. The molecule has 2 aromatic rings. The Kier molecular flexibility index (Phi) is 4.21. The minimum Gasteiger partial charge on any atom is -0.345 e. The number of rotatable bonds is 6. The number of aromatic nitrogens is 2. The maximum atomic E-state index is 12.1. The van der Waals surface area contributed by atoms with Gasteiger partial charge in [0.1, 0.15) is 6.04 Å². The van der Waals surface area contributed by atoms with E-state index in [1.54, 1.807) is 12.1 Å². The zero-order valence-electron chi connectivity index (χ0n) is 13.9. The fourth-order valence-corrected chi connectivity index (χ4v) is 3.12. The largest absolute Gasteiger partial charge is 0.345 e. The Labute approximate surface area is 145 Å². The van der Waals surface area contributed by atoms with Crippen molar-refractivity contribution in [3.8, 4) is 0 Å². The highest BCUT2D eigenvalue weighted by Gasteiger charge is 2.38. The molecule has 1 aliphatic heterocycles. The second kappa shape index (κ2) is 6.66. The minimum absolute atomic E-state index is 0.126. The Morgan fingerprint density at radius 2 is 2.04 bits per heavy atom. The van der Waals surface area contributed by atoms with Crippen molar-refractivity contribution in [2.45, 2.75) is 38.3 Å². The molecule has 2 fully saturated rings. The van der Waals surface area contributed by atoms with Gasteiger partial charge in [-0.3, -0.25) is 9.59 Å². The van der Waals surface area contributed by atoms with E-state index < -0.39 is 0 Å². The van der Waals surface area contributed by atoms with E-state index in [2.05, 4.69) is 15.5 Å². The lowest BCUT2D eigenvalue weighted by Crippen LogP contribution is -2.30. The number of nitrogens with zero attached hydrogens (tertiary/aromatic N) is 3. The predicted octanol–water partition coefficient (Wildman–Crippen LogP) is 2.07. The SMILES string of the molecule is O=C(NCc1noc([C@@H]2CCC(=O)N2CC2CC2)n1)c1ccccc1. The molecule has 0 spiro atoms. The molecule has 0 bridgehead atoms. The molecule has 1 atom stereocenters. The standard InChI is InChI=1S/C18H20N4O3/c23-16-9-8-14(22(16)11-12-6-7-12)18-20-15(21-25-18)10-19-17(24)13-4-2-1-3-5-13/h1-5,12,14H,6-11H2,(H,19,24)/t14-/m0/s1. The normalized spacial score (nSPS) is 20.1. The number of amides is 2. The zero-order valence-corrected chi connectivity index (χ0v) is 13.9. The van der Waals surface area contributed by atoms with E-state index in [9.17, 15) is 9.59 Å². The van der Waals surface area contributed by atoms with Crippen molar-refractivity contribution in [3.05, 3.63) is 47.6 Å². The summed E-state index contributed by atoms with van der Waals surface area (Å²) in [6.45, 7) is 0.979. The first-order chi connectivity index (χ1) is 12.2. The van der Waals surface area contributed by atoms with Gasteiger partial charge in [0.05, 0.1) is 6.54 Å². The van der Waals surface area contributed by atoms with E-state index in [1.165, 1.54) is 12.8 Å². The van der Waals surface area contributed by atoms with Crippen LogP contribution in [0.5, 0.6) is 0 Å². The molecule has 2 heterocycles. The van der Waals surface area contributed by atoms with Crippen LogP contribution in [0.15, 0.2) is 34.9 Å². The van der Waals surface area contributed by atoms with E-state index in [0.717, 1.165) is 6.54 Å². The van der Waals surface area contributed by atoms with Crippen molar-refractivity contribution in [2.24, 2.45) is 5.92 Å². The molecular formula is C18H20N4O3. The average Bonchev–Trinajstić information content (AvgIpc) is 3.22. The molecule has 0 unspecified atom stereocenters. The van der Waals surface area contributed by atoms with Gasteiger partial charge in [-0.2, -0.15) is 4.98 Å². The fourth-order valence-electron chi connectivity index (χ4n) is 3.12. The molecule has 1 N–H and O–H groups in total. The van der Waals surface area contributed by atoms with Crippen molar-refractivity contribution in [1.29, 1.82) is 0 Å². The molecule has 7 nitrogen and oxygen atoms in total. The molecule has 2 amide bonds. The molecule has 25 heavy (non-hydrogen) atoms. The molecule has 1 aliphatic carbocycles. The quantitative estimate of drug-likeness (QED) is 0.870. The van der Waals surface area contributed by atoms with E-state index in [4.69, 9.17) is 4.52 Å². The van der Waals surface area contributed by atoms with E-state index >= 15 is 0 Å². The van der Waals surface area contributed by atoms with Crippen LogP contribution in [-0.4, -0.2) is 33.4 Å². The molecule has 4 rings (SSSR count).